The van der Waals surface area contributed by atoms with Crippen molar-refractivity contribution in [2.45, 2.75) is 46.6 Å². The minimum absolute atomic E-state index is 0.0547. The molecule has 1 aliphatic heterocycles. The van der Waals surface area contributed by atoms with E-state index in [4.69, 9.17) is 0 Å². The Hall–Kier alpha value is -3.48. The Labute approximate surface area is 188 Å². The summed E-state index contributed by atoms with van der Waals surface area (Å²) >= 11 is 0. The van der Waals surface area contributed by atoms with Crippen LogP contribution < -0.4 is 5.32 Å². The Balaban J connectivity index is 1.35. The number of likely N-dealkylation sites (tertiary alicyclic amines) is 1. The van der Waals surface area contributed by atoms with Crippen LogP contribution in [0.3, 0.4) is 0 Å². The maximum Gasteiger partial charge on any atom is 0.276 e. The van der Waals surface area contributed by atoms with Crippen molar-refractivity contribution in [2.75, 3.05) is 13.1 Å². The van der Waals surface area contributed by atoms with Gasteiger partial charge in [-0.25, -0.2) is 4.68 Å². The summed E-state index contributed by atoms with van der Waals surface area (Å²) in [6.07, 6.45) is 3.12. The summed E-state index contributed by atoms with van der Waals surface area (Å²) < 4.78 is 1.64. The van der Waals surface area contributed by atoms with Crippen LogP contribution in [0.5, 0.6) is 0 Å². The molecule has 7 nitrogen and oxygen atoms in total. The third-order valence-electron chi connectivity index (χ3n) is 6.07. The largest absolute Gasteiger partial charge is 0.349 e. The lowest BCUT2D eigenvalue weighted by Crippen LogP contribution is -2.46. The number of piperidine rings is 1. The second-order valence-corrected chi connectivity index (χ2v) is 8.73. The molecule has 0 spiro atoms. The molecule has 4 rings (SSSR count). The molecule has 0 radical (unpaired) electrons. The van der Waals surface area contributed by atoms with Gasteiger partial charge >= 0.3 is 0 Å². The average molecular weight is 432 g/mol. The van der Waals surface area contributed by atoms with Gasteiger partial charge in [-0.1, -0.05) is 17.3 Å². The quantitative estimate of drug-likeness (QED) is 0.685. The standard InChI is InChI=1S/C25H29N5O2/c1-16-11-17(2)13-22(12-16)30-15-23(27-28-30)25(32)29-9-7-21(8-10-29)26-24(31)20-6-5-18(3)19(4)14-20/h5-6,11-15,21H,7-10H2,1-4H3,(H,26,31). The van der Waals surface area contributed by atoms with E-state index in [2.05, 4.69) is 21.7 Å². The number of hydrogen-bond donors (Lipinski definition) is 1. The SMILES string of the molecule is Cc1cc(C)cc(-n2cc(C(=O)N3CCC(NC(=O)c4ccc(C)c(C)c4)CC3)nn2)c1. The monoisotopic (exact) mass is 431 g/mol. The predicted octanol–water partition coefficient (Wildman–Crippen LogP) is 3.54. The summed E-state index contributed by atoms with van der Waals surface area (Å²) in [5.74, 6) is -0.186. The van der Waals surface area contributed by atoms with Crippen LogP contribution in [-0.4, -0.2) is 50.8 Å². The van der Waals surface area contributed by atoms with Gasteiger partial charge in [0.1, 0.15) is 0 Å². The molecule has 2 amide bonds. The van der Waals surface area contributed by atoms with E-state index in [0.717, 1.165) is 22.4 Å². The van der Waals surface area contributed by atoms with Crippen molar-refractivity contribution in [1.29, 1.82) is 0 Å². The third-order valence-corrected chi connectivity index (χ3v) is 6.07. The minimum atomic E-state index is -0.125. The fourth-order valence-electron chi connectivity index (χ4n) is 4.11. The summed E-state index contributed by atoms with van der Waals surface area (Å²) in [5.41, 5.74) is 6.44. The van der Waals surface area contributed by atoms with E-state index in [-0.39, 0.29) is 17.9 Å². The number of aromatic nitrogens is 3. The lowest BCUT2D eigenvalue weighted by atomic mass is 10.0. The van der Waals surface area contributed by atoms with Gasteiger partial charge in [0.05, 0.1) is 11.9 Å². The molecule has 7 heteroatoms. The van der Waals surface area contributed by atoms with Crippen LogP contribution in [0, 0.1) is 27.7 Å². The number of carbonyl (C=O) groups is 2. The summed E-state index contributed by atoms with van der Waals surface area (Å²) in [7, 11) is 0. The zero-order valence-corrected chi connectivity index (χ0v) is 19.1. The second kappa shape index (κ2) is 8.94. The Kier molecular flexibility index (Phi) is 6.08. The maximum absolute atomic E-state index is 12.9. The molecule has 1 N–H and O–H groups in total. The Bertz CT molecular complexity index is 1140. The average Bonchev–Trinajstić information content (AvgIpc) is 3.25. The van der Waals surface area contributed by atoms with Gasteiger partial charge in [-0.15, -0.1) is 5.10 Å². The van der Waals surface area contributed by atoms with Crippen LogP contribution >= 0.6 is 0 Å². The first kappa shape index (κ1) is 21.7. The zero-order valence-electron chi connectivity index (χ0n) is 19.1. The van der Waals surface area contributed by atoms with E-state index >= 15 is 0 Å². The Morgan fingerprint density at radius 2 is 1.62 bits per heavy atom. The number of benzene rings is 2. The number of hydrogen-bond acceptors (Lipinski definition) is 4. The number of carbonyl (C=O) groups excluding carboxylic acids is 2. The van der Waals surface area contributed by atoms with Crippen LogP contribution in [0.1, 0.15) is 55.9 Å². The Morgan fingerprint density at radius 1 is 0.938 bits per heavy atom. The van der Waals surface area contributed by atoms with E-state index in [0.29, 0.717) is 37.2 Å². The first-order chi connectivity index (χ1) is 15.3. The van der Waals surface area contributed by atoms with Gasteiger partial charge in [0.15, 0.2) is 5.69 Å². The van der Waals surface area contributed by atoms with Crippen LogP contribution in [0.4, 0.5) is 0 Å². The van der Waals surface area contributed by atoms with Gasteiger partial charge in [0.2, 0.25) is 0 Å². The predicted molar refractivity (Wildman–Crippen MR) is 123 cm³/mol. The van der Waals surface area contributed by atoms with Crippen molar-refractivity contribution in [3.8, 4) is 5.69 Å². The molecule has 0 bridgehead atoms. The normalized spacial score (nSPS) is 14.4. The van der Waals surface area contributed by atoms with Crippen molar-refractivity contribution in [3.63, 3.8) is 0 Å². The van der Waals surface area contributed by atoms with Crippen LogP contribution in [0.2, 0.25) is 0 Å². The van der Waals surface area contributed by atoms with Crippen LogP contribution in [0.15, 0.2) is 42.6 Å². The highest BCUT2D eigenvalue weighted by Crippen LogP contribution is 2.17. The highest BCUT2D eigenvalue weighted by atomic mass is 16.2. The highest BCUT2D eigenvalue weighted by molar-refractivity contribution is 5.95. The number of aryl methyl sites for hydroxylation is 4. The molecule has 1 fully saturated rings. The topological polar surface area (TPSA) is 80.1 Å². The van der Waals surface area contributed by atoms with Gasteiger partial charge in [-0.05, 0) is 87.1 Å². The molecule has 1 saturated heterocycles. The number of nitrogens with zero attached hydrogens (tertiary/aromatic N) is 4. The van der Waals surface area contributed by atoms with Gasteiger partial charge in [-0.3, -0.25) is 9.59 Å². The second-order valence-electron chi connectivity index (χ2n) is 8.73. The van der Waals surface area contributed by atoms with E-state index in [1.807, 2.05) is 58.0 Å². The van der Waals surface area contributed by atoms with Crippen molar-refractivity contribution < 1.29 is 9.59 Å². The van der Waals surface area contributed by atoms with Crippen LogP contribution in [0.25, 0.3) is 5.69 Å². The number of amides is 2. The van der Waals surface area contributed by atoms with Crippen molar-refractivity contribution in [1.82, 2.24) is 25.2 Å². The maximum atomic E-state index is 12.9. The molecule has 32 heavy (non-hydrogen) atoms. The Morgan fingerprint density at radius 3 is 2.28 bits per heavy atom. The van der Waals surface area contributed by atoms with Crippen molar-refractivity contribution in [3.05, 3.63) is 76.1 Å². The molecule has 0 atom stereocenters. The number of nitrogens with one attached hydrogen (secondary N) is 1. The lowest BCUT2D eigenvalue weighted by molar-refractivity contribution is 0.0692. The summed E-state index contributed by atoms with van der Waals surface area (Å²) in [6, 6.07) is 11.9. The van der Waals surface area contributed by atoms with Crippen molar-refractivity contribution >= 4 is 11.8 Å². The summed E-state index contributed by atoms with van der Waals surface area (Å²) in [6.45, 7) is 9.25. The molecular formula is C25H29N5O2. The van der Waals surface area contributed by atoms with E-state index in [1.165, 1.54) is 5.56 Å². The molecule has 0 saturated carbocycles. The molecule has 0 aliphatic carbocycles. The minimum Gasteiger partial charge on any atom is -0.349 e. The molecule has 3 aromatic rings. The van der Waals surface area contributed by atoms with E-state index in [1.54, 1.807) is 15.8 Å². The van der Waals surface area contributed by atoms with Gasteiger partial charge in [0, 0.05) is 24.7 Å². The zero-order chi connectivity index (χ0) is 22.8. The third kappa shape index (κ3) is 4.72. The smallest absolute Gasteiger partial charge is 0.276 e. The first-order valence-electron chi connectivity index (χ1n) is 11.0. The molecule has 2 aromatic carbocycles. The molecule has 0 unspecified atom stereocenters. The molecule has 1 aliphatic rings. The van der Waals surface area contributed by atoms with E-state index in [9.17, 15) is 9.59 Å². The molecule has 166 valence electrons. The van der Waals surface area contributed by atoms with Gasteiger partial charge < -0.3 is 10.2 Å². The molecular weight excluding hydrogens is 402 g/mol. The fourth-order valence-corrected chi connectivity index (χ4v) is 4.11. The molecule has 1 aromatic heterocycles. The van der Waals surface area contributed by atoms with E-state index < -0.39 is 0 Å². The first-order valence-corrected chi connectivity index (χ1v) is 11.0. The fraction of sp³-hybridized carbons (Fsp3) is 0.360. The van der Waals surface area contributed by atoms with Gasteiger partial charge in [-0.2, -0.15) is 0 Å². The number of rotatable bonds is 4. The van der Waals surface area contributed by atoms with Crippen LogP contribution in [-0.2, 0) is 0 Å². The molecule has 2 heterocycles. The summed E-state index contributed by atoms with van der Waals surface area (Å²) in [4.78, 5) is 27.3. The summed E-state index contributed by atoms with van der Waals surface area (Å²) in [5, 5.41) is 11.4. The van der Waals surface area contributed by atoms with Crippen molar-refractivity contribution in [2.24, 2.45) is 0 Å². The lowest BCUT2D eigenvalue weighted by Gasteiger charge is -2.32. The van der Waals surface area contributed by atoms with Gasteiger partial charge in [0.25, 0.3) is 11.8 Å². The highest BCUT2D eigenvalue weighted by Gasteiger charge is 2.26.